The molecule has 0 saturated heterocycles. The van der Waals surface area contributed by atoms with E-state index in [4.69, 9.17) is 10.5 Å². The minimum Gasteiger partial charge on any atom is -0.491 e. The molecule has 4 nitrogen and oxygen atoms in total. The van der Waals surface area contributed by atoms with E-state index in [1.807, 2.05) is 30.3 Å². The van der Waals surface area contributed by atoms with Crippen LogP contribution in [0.1, 0.15) is 6.42 Å². The summed E-state index contributed by atoms with van der Waals surface area (Å²) in [5.41, 5.74) is 7.27. The van der Waals surface area contributed by atoms with E-state index in [9.17, 15) is 0 Å². The summed E-state index contributed by atoms with van der Waals surface area (Å²) in [4.78, 5) is 9.00. The van der Waals surface area contributed by atoms with Gasteiger partial charge in [0.2, 0.25) is 0 Å². The van der Waals surface area contributed by atoms with Crippen LogP contribution in [0.3, 0.4) is 0 Å². The third-order valence-corrected chi connectivity index (χ3v) is 3.92. The highest BCUT2D eigenvalue weighted by atomic mass is 32.1. The fourth-order valence-corrected chi connectivity index (χ4v) is 2.86. The first kappa shape index (κ1) is 13.0. The molecular formula is C15H15N3OS. The molecule has 0 radical (unpaired) electrons. The van der Waals surface area contributed by atoms with E-state index in [0.717, 1.165) is 33.1 Å². The standard InChI is InChI=1S/C15H15N3OS/c16-8-4-10-19-12-6-3-7-13-14(12)18-15(20-13)11-5-1-2-9-17-11/h1-3,5-7,9H,4,8,10,16H2. The monoisotopic (exact) mass is 285 g/mol. The molecule has 2 aromatic heterocycles. The average molecular weight is 285 g/mol. The third-order valence-electron chi connectivity index (χ3n) is 2.87. The average Bonchev–Trinajstić information content (AvgIpc) is 2.93. The highest BCUT2D eigenvalue weighted by molar-refractivity contribution is 7.21. The van der Waals surface area contributed by atoms with Gasteiger partial charge in [-0.15, -0.1) is 11.3 Å². The summed E-state index contributed by atoms with van der Waals surface area (Å²) in [5.74, 6) is 0.814. The first-order valence-corrected chi connectivity index (χ1v) is 7.34. The predicted molar refractivity (Wildman–Crippen MR) is 82.0 cm³/mol. The van der Waals surface area contributed by atoms with Crippen LogP contribution in [0.2, 0.25) is 0 Å². The summed E-state index contributed by atoms with van der Waals surface area (Å²) in [6.07, 6.45) is 2.62. The van der Waals surface area contributed by atoms with Crippen LogP contribution in [0, 0.1) is 0 Å². The Morgan fingerprint density at radius 2 is 2.10 bits per heavy atom. The molecule has 1 aromatic carbocycles. The van der Waals surface area contributed by atoms with Gasteiger partial charge >= 0.3 is 0 Å². The van der Waals surface area contributed by atoms with Crippen LogP contribution >= 0.6 is 11.3 Å². The van der Waals surface area contributed by atoms with Crippen LogP contribution in [-0.4, -0.2) is 23.1 Å². The maximum absolute atomic E-state index is 5.75. The molecule has 3 rings (SSSR count). The van der Waals surface area contributed by atoms with Gasteiger partial charge in [0.05, 0.1) is 17.0 Å². The maximum Gasteiger partial charge on any atom is 0.146 e. The van der Waals surface area contributed by atoms with E-state index in [-0.39, 0.29) is 0 Å². The Morgan fingerprint density at radius 3 is 2.90 bits per heavy atom. The van der Waals surface area contributed by atoms with Crippen molar-refractivity contribution in [3.05, 3.63) is 42.6 Å². The number of benzene rings is 1. The molecule has 3 aromatic rings. The van der Waals surface area contributed by atoms with E-state index < -0.39 is 0 Å². The molecule has 20 heavy (non-hydrogen) atoms. The third kappa shape index (κ3) is 2.64. The fourth-order valence-electron chi connectivity index (χ4n) is 1.90. The number of ether oxygens (including phenoxy) is 1. The van der Waals surface area contributed by atoms with Crippen molar-refractivity contribution in [2.24, 2.45) is 5.73 Å². The zero-order chi connectivity index (χ0) is 13.8. The zero-order valence-electron chi connectivity index (χ0n) is 11.0. The Labute approximate surface area is 121 Å². The normalized spacial score (nSPS) is 10.8. The first-order valence-electron chi connectivity index (χ1n) is 6.52. The van der Waals surface area contributed by atoms with Gasteiger partial charge in [-0.3, -0.25) is 4.98 Å². The number of para-hydroxylation sites is 1. The topological polar surface area (TPSA) is 61.0 Å². The Bertz CT molecular complexity index is 697. The number of pyridine rings is 1. The van der Waals surface area contributed by atoms with Gasteiger partial charge in [-0.2, -0.15) is 0 Å². The Morgan fingerprint density at radius 1 is 1.15 bits per heavy atom. The number of hydrogen-bond donors (Lipinski definition) is 1. The number of thiazole rings is 1. The fraction of sp³-hybridized carbons (Fsp3) is 0.200. The van der Waals surface area contributed by atoms with E-state index in [1.165, 1.54) is 0 Å². The summed E-state index contributed by atoms with van der Waals surface area (Å²) in [7, 11) is 0. The van der Waals surface area contributed by atoms with Crippen molar-refractivity contribution in [2.45, 2.75) is 6.42 Å². The highest BCUT2D eigenvalue weighted by Gasteiger charge is 2.10. The van der Waals surface area contributed by atoms with Gasteiger partial charge < -0.3 is 10.5 Å². The van der Waals surface area contributed by atoms with Crippen LogP contribution < -0.4 is 10.5 Å². The lowest BCUT2D eigenvalue weighted by molar-refractivity contribution is 0.316. The van der Waals surface area contributed by atoms with Gasteiger partial charge in [0.15, 0.2) is 0 Å². The molecule has 0 aliphatic carbocycles. The quantitative estimate of drug-likeness (QED) is 0.732. The number of fused-ring (bicyclic) bond motifs is 1. The summed E-state index contributed by atoms with van der Waals surface area (Å²) >= 11 is 1.63. The molecule has 0 spiro atoms. The lowest BCUT2D eigenvalue weighted by Gasteiger charge is -2.05. The molecule has 0 saturated carbocycles. The minimum absolute atomic E-state index is 0.617. The SMILES string of the molecule is NCCCOc1cccc2sc(-c3ccccn3)nc12. The van der Waals surface area contributed by atoms with Crippen molar-refractivity contribution in [1.82, 2.24) is 9.97 Å². The second-order valence-corrected chi connectivity index (χ2v) is 5.36. The molecule has 0 aliphatic heterocycles. The molecule has 2 N–H and O–H groups in total. The first-order chi connectivity index (χ1) is 9.88. The lowest BCUT2D eigenvalue weighted by Crippen LogP contribution is -2.06. The van der Waals surface area contributed by atoms with E-state index >= 15 is 0 Å². The van der Waals surface area contributed by atoms with E-state index in [1.54, 1.807) is 17.5 Å². The van der Waals surface area contributed by atoms with Crippen molar-refractivity contribution in [3.8, 4) is 16.5 Å². The molecule has 0 atom stereocenters. The van der Waals surface area contributed by atoms with Gasteiger partial charge in [-0.25, -0.2) is 4.98 Å². The Kier molecular flexibility index (Phi) is 3.90. The summed E-state index contributed by atoms with van der Waals surface area (Å²) in [6.45, 7) is 1.25. The number of nitrogens with two attached hydrogens (primary N) is 1. The van der Waals surface area contributed by atoms with Crippen LogP contribution in [-0.2, 0) is 0 Å². The van der Waals surface area contributed by atoms with Crippen molar-refractivity contribution < 1.29 is 4.74 Å². The van der Waals surface area contributed by atoms with Crippen molar-refractivity contribution in [1.29, 1.82) is 0 Å². The van der Waals surface area contributed by atoms with Crippen LogP contribution in [0.4, 0.5) is 0 Å². The van der Waals surface area contributed by atoms with Crippen LogP contribution in [0.5, 0.6) is 5.75 Å². The van der Waals surface area contributed by atoms with Crippen molar-refractivity contribution in [3.63, 3.8) is 0 Å². The van der Waals surface area contributed by atoms with Gasteiger partial charge in [0.25, 0.3) is 0 Å². The molecule has 5 heteroatoms. The van der Waals surface area contributed by atoms with E-state index in [0.29, 0.717) is 13.2 Å². The zero-order valence-corrected chi connectivity index (χ0v) is 11.8. The summed E-state index contributed by atoms with van der Waals surface area (Å²) in [6, 6.07) is 11.8. The van der Waals surface area contributed by atoms with Gasteiger partial charge in [0.1, 0.15) is 16.3 Å². The number of nitrogens with zero attached hydrogens (tertiary/aromatic N) is 2. The van der Waals surface area contributed by atoms with Crippen molar-refractivity contribution in [2.75, 3.05) is 13.2 Å². The predicted octanol–water partition coefficient (Wildman–Crippen LogP) is 3.09. The van der Waals surface area contributed by atoms with E-state index in [2.05, 4.69) is 16.0 Å². The van der Waals surface area contributed by atoms with Crippen LogP contribution in [0.25, 0.3) is 20.9 Å². The largest absolute Gasteiger partial charge is 0.491 e. The summed E-state index contributed by atoms with van der Waals surface area (Å²) in [5, 5.41) is 0.912. The van der Waals surface area contributed by atoms with Gasteiger partial charge in [-0.1, -0.05) is 12.1 Å². The molecule has 0 fully saturated rings. The molecule has 0 amide bonds. The second kappa shape index (κ2) is 5.98. The lowest BCUT2D eigenvalue weighted by atomic mass is 10.3. The number of hydrogen-bond acceptors (Lipinski definition) is 5. The molecule has 0 bridgehead atoms. The molecule has 0 aliphatic rings. The molecule has 2 heterocycles. The summed E-state index contributed by atoms with van der Waals surface area (Å²) < 4.78 is 6.86. The smallest absolute Gasteiger partial charge is 0.146 e. The number of rotatable bonds is 5. The maximum atomic E-state index is 5.75. The highest BCUT2D eigenvalue weighted by Crippen LogP contribution is 2.33. The van der Waals surface area contributed by atoms with Gasteiger partial charge in [-0.05, 0) is 37.2 Å². The molecule has 102 valence electrons. The van der Waals surface area contributed by atoms with Gasteiger partial charge in [0, 0.05) is 6.20 Å². The Hall–Kier alpha value is -1.98. The molecular weight excluding hydrogens is 270 g/mol. The number of aromatic nitrogens is 2. The Balaban J connectivity index is 1.96. The molecule has 0 unspecified atom stereocenters. The minimum atomic E-state index is 0.617. The second-order valence-electron chi connectivity index (χ2n) is 4.33. The van der Waals surface area contributed by atoms with Crippen LogP contribution in [0.15, 0.2) is 42.6 Å². The van der Waals surface area contributed by atoms with Crippen molar-refractivity contribution >= 4 is 21.6 Å².